The molecule has 0 fully saturated rings. The van der Waals surface area contributed by atoms with Gasteiger partial charge < -0.3 is 5.73 Å². The molecule has 0 spiro atoms. The van der Waals surface area contributed by atoms with E-state index in [4.69, 9.17) is 5.73 Å². The van der Waals surface area contributed by atoms with Gasteiger partial charge in [-0.3, -0.25) is 0 Å². The first kappa shape index (κ1) is 14.1. The second-order valence-corrected chi connectivity index (χ2v) is 5.93. The molecule has 0 radical (unpaired) electrons. The first-order chi connectivity index (χ1) is 9.08. The Morgan fingerprint density at radius 3 is 2.53 bits per heavy atom. The first-order valence-electron chi connectivity index (χ1n) is 6.51. The Balaban J connectivity index is 2.23. The van der Waals surface area contributed by atoms with Crippen LogP contribution in [0.3, 0.4) is 0 Å². The number of rotatable bonds is 4. The number of hydrogen-bond acceptors (Lipinski definition) is 3. The van der Waals surface area contributed by atoms with Gasteiger partial charge in [0.2, 0.25) is 0 Å². The Hall–Kier alpha value is -1.32. The van der Waals surface area contributed by atoms with Gasteiger partial charge in [0.05, 0.1) is 0 Å². The number of hydrogen-bond donors (Lipinski definition) is 1. The highest BCUT2D eigenvalue weighted by atomic mass is 32.2. The molecule has 0 aliphatic carbocycles. The second-order valence-electron chi connectivity index (χ2n) is 4.86. The third-order valence-electron chi connectivity index (χ3n) is 2.96. The summed E-state index contributed by atoms with van der Waals surface area (Å²) in [5.41, 5.74) is 10.5. The van der Waals surface area contributed by atoms with Crippen LogP contribution in [0.1, 0.15) is 22.4 Å². The summed E-state index contributed by atoms with van der Waals surface area (Å²) < 4.78 is 0. The minimum atomic E-state index is 0.699. The zero-order valence-electron chi connectivity index (χ0n) is 11.7. The number of pyridine rings is 1. The lowest BCUT2D eigenvalue weighted by atomic mass is 10.1. The average molecular weight is 272 g/mol. The van der Waals surface area contributed by atoms with Crippen LogP contribution in [0.5, 0.6) is 0 Å². The maximum atomic E-state index is 5.59. The fourth-order valence-corrected chi connectivity index (χ4v) is 3.13. The summed E-state index contributed by atoms with van der Waals surface area (Å²) in [6.45, 7) is 6.99. The molecule has 0 bridgehead atoms. The molecule has 1 heterocycles. The molecule has 0 aliphatic rings. The molecule has 0 amide bonds. The van der Waals surface area contributed by atoms with E-state index < -0.39 is 0 Å². The maximum Gasteiger partial charge on any atom is 0.101 e. The van der Waals surface area contributed by atoms with Crippen LogP contribution < -0.4 is 5.73 Å². The van der Waals surface area contributed by atoms with Gasteiger partial charge in [-0.1, -0.05) is 23.9 Å². The van der Waals surface area contributed by atoms with E-state index >= 15 is 0 Å². The Bertz CT molecular complexity index is 559. The van der Waals surface area contributed by atoms with Gasteiger partial charge in [0.1, 0.15) is 5.03 Å². The molecule has 0 saturated heterocycles. The summed E-state index contributed by atoms with van der Waals surface area (Å²) in [5.74, 6) is 0. The summed E-state index contributed by atoms with van der Waals surface area (Å²) in [4.78, 5) is 5.83. The van der Waals surface area contributed by atoms with Crippen LogP contribution in [0.2, 0.25) is 0 Å². The van der Waals surface area contributed by atoms with E-state index in [0.29, 0.717) is 6.54 Å². The zero-order chi connectivity index (χ0) is 13.8. The summed E-state index contributed by atoms with van der Waals surface area (Å²) in [6, 6.07) is 10.8. The van der Waals surface area contributed by atoms with Crippen molar-refractivity contribution in [2.24, 2.45) is 5.73 Å². The summed E-state index contributed by atoms with van der Waals surface area (Å²) >= 11 is 1.73. The van der Waals surface area contributed by atoms with Gasteiger partial charge >= 0.3 is 0 Å². The smallest absolute Gasteiger partial charge is 0.101 e. The van der Waals surface area contributed by atoms with Crippen molar-refractivity contribution in [3.8, 4) is 0 Å². The van der Waals surface area contributed by atoms with Gasteiger partial charge in [0, 0.05) is 10.6 Å². The fourth-order valence-electron chi connectivity index (χ4n) is 2.12. The lowest BCUT2D eigenvalue weighted by molar-refractivity contribution is 0.962. The fraction of sp³-hybridized carbons (Fsp3) is 0.312. The standard InChI is InChI=1S/C16H20N2S/c1-11-8-13(3)18-16(9-11)19-15-5-4-14(6-7-17)10-12(15)2/h4-5,8-10H,6-7,17H2,1-3H3. The largest absolute Gasteiger partial charge is 0.330 e. The molecule has 2 aromatic rings. The molecule has 2 rings (SSSR count). The predicted molar refractivity (Wildman–Crippen MR) is 81.8 cm³/mol. The number of nitrogens with two attached hydrogens (primary N) is 1. The quantitative estimate of drug-likeness (QED) is 0.923. The Kier molecular flexibility index (Phi) is 4.61. The van der Waals surface area contributed by atoms with Gasteiger partial charge in [-0.25, -0.2) is 4.98 Å². The highest BCUT2D eigenvalue weighted by Crippen LogP contribution is 2.30. The molecule has 0 aliphatic heterocycles. The molecule has 0 unspecified atom stereocenters. The molecular formula is C16H20N2S. The summed E-state index contributed by atoms with van der Waals surface area (Å²) in [7, 11) is 0. The zero-order valence-corrected chi connectivity index (χ0v) is 12.6. The number of aromatic nitrogens is 1. The van der Waals surface area contributed by atoms with E-state index in [2.05, 4.69) is 49.2 Å². The molecule has 2 N–H and O–H groups in total. The van der Waals surface area contributed by atoms with Crippen LogP contribution in [0.4, 0.5) is 0 Å². The van der Waals surface area contributed by atoms with E-state index in [0.717, 1.165) is 17.1 Å². The lowest BCUT2D eigenvalue weighted by Gasteiger charge is -2.08. The molecule has 1 aromatic carbocycles. The van der Waals surface area contributed by atoms with Crippen LogP contribution >= 0.6 is 11.8 Å². The van der Waals surface area contributed by atoms with Gasteiger partial charge in [-0.2, -0.15) is 0 Å². The van der Waals surface area contributed by atoms with Crippen LogP contribution in [0.25, 0.3) is 0 Å². The monoisotopic (exact) mass is 272 g/mol. The topological polar surface area (TPSA) is 38.9 Å². The molecule has 2 nitrogen and oxygen atoms in total. The van der Waals surface area contributed by atoms with Crippen LogP contribution in [-0.2, 0) is 6.42 Å². The summed E-state index contributed by atoms with van der Waals surface area (Å²) in [5, 5.41) is 1.06. The Morgan fingerprint density at radius 2 is 1.89 bits per heavy atom. The molecule has 100 valence electrons. The van der Waals surface area contributed by atoms with E-state index in [-0.39, 0.29) is 0 Å². The van der Waals surface area contributed by atoms with Crippen molar-refractivity contribution < 1.29 is 0 Å². The molecule has 0 atom stereocenters. The van der Waals surface area contributed by atoms with Gasteiger partial charge in [-0.15, -0.1) is 0 Å². The number of nitrogens with zero attached hydrogens (tertiary/aromatic N) is 1. The number of aryl methyl sites for hydroxylation is 3. The maximum absolute atomic E-state index is 5.59. The van der Waals surface area contributed by atoms with E-state index in [1.54, 1.807) is 11.8 Å². The van der Waals surface area contributed by atoms with Crippen molar-refractivity contribution >= 4 is 11.8 Å². The van der Waals surface area contributed by atoms with Gasteiger partial charge in [0.15, 0.2) is 0 Å². The van der Waals surface area contributed by atoms with E-state index in [1.807, 2.05) is 6.92 Å². The van der Waals surface area contributed by atoms with Crippen molar-refractivity contribution in [1.29, 1.82) is 0 Å². The Morgan fingerprint density at radius 1 is 1.11 bits per heavy atom. The first-order valence-corrected chi connectivity index (χ1v) is 7.33. The second kappa shape index (κ2) is 6.22. The third kappa shape index (κ3) is 3.82. The SMILES string of the molecule is Cc1cc(C)nc(Sc2ccc(CCN)cc2C)c1. The molecular weight excluding hydrogens is 252 g/mol. The third-order valence-corrected chi connectivity index (χ3v) is 4.06. The molecule has 1 aromatic heterocycles. The molecule has 19 heavy (non-hydrogen) atoms. The van der Waals surface area contributed by atoms with Crippen LogP contribution in [0, 0.1) is 20.8 Å². The lowest BCUT2D eigenvalue weighted by Crippen LogP contribution is -2.02. The minimum Gasteiger partial charge on any atom is -0.330 e. The summed E-state index contributed by atoms with van der Waals surface area (Å²) in [6.07, 6.45) is 0.938. The normalized spacial score (nSPS) is 10.7. The highest BCUT2D eigenvalue weighted by molar-refractivity contribution is 7.99. The number of benzene rings is 1. The van der Waals surface area contributed by atoms with E-state index in [1.165, 1.54) is 21.6 Å². The highest BCUT2D eigenvalue weighted by Gasteiger charge is 2.05. The van der Waals surface area contributed by atoms with Crippen LogP contribution in [-0.4, -0.2) is 11.5 Å². The predicted octanol–water partition coefficient (Wildman–Crippen LogP) is 3.66. The van der Waals surface area contributed by atoms with Crippen LogP contribution in [0.15, 0.2) is 40.3 Å². The Labute approximate surface area is 119 Å². The average Bonchev–Trinajstić information content (AvgIpc) is 2.32. The minimum absolute atomic E-state index is 0.699. The van der Waals surface area contributed by atoms with Crippen molar-refractivity contribution in [3.63, 3.8) is 0 Å². The van der Waals surface area contributed by atoms with E-state index in [9.17, 15) is 0 Å². The van der Waals surface area contributed by atoms with Gasteiger partial charge in [0.25, 0.3) is 0 Å². The molecule has 3 heteroatoms. The van der Waals surface area contributed by atoms with Crippen molar-refractivity contribution in [2.45, 2.75) is 37.1 Å². The molecule has 0 saturated carbocycles. The van der Waals surface area contributed by atoms with Crippen molar-refractivity contribution in [2.75, 3.05) is 6.54 Å². The van der Waals surface area contributed by atoms with Crippen molar-refractivity contribution in [1.82, 2.24) is 4.98 Å². The van der Waals surface area contributed by atoms with Gasteiger partial charge in [-0.05, 0) is 68.6 Å². The van der Waals surface area contributed by atoms with Crippen molar-refractivity contribution in [3.05, 3.63) is 52.7 Å².